The van der Waals surface area contributed by atoms with Gasteiger partial charge in [0.05, 0.1) is 24.2 Å². The molecule has 0 radical (unpaired) electrons. The first-order chi connectivity index (χ1) is 14.6. The zero-order valence-electron chi connectivity index (χ0n) is 16.9. The lowest BCUT2D eigenvalue weighted by Gasteiger charge is -2.26. The molecule has 30 heavy (non-hydrogen) atoms. The van der Waals surface area contributed by atoms with Gasteiger partial charge in [0.1, 0.15) is 5.69 Å². The summed E-state index contributed by atoms with van der Waals surface area (Å²) in [6.07, 6.45) is 6.26. The first kappa shape index (κ1) is 19.9. The maximum atomic E-state index is 12.1. The first-order valence-electron chi connectivity index (χ1n) is 9.83. The predicted octanol–water partition coefficient (Wildman–Crippen LogP) is 2.07. The molecule has 1 aliphatic rings. The van der Waals surface area contributed by atoms with Crippen molar-refractivity contribution >= 4 is 22.5 Å². The molecule has 3 aromatic heterocycles. The van der Waals surface area contributed by atoms with Crippen LogP contribution in [0.1, 0.15) is 34.1 Å². The van der Waals surface area contributed by atoms with Gasteiger partial charge in [0.15, 0.2) is 0 Å². The van der Waals surface area contributed by atoms with Crippen LogP contribution in [0.15, 0.2) is 47.5 Å². The lowest BCUT2D eigenvalue weighted by Crippen LogP contribution is -2.28. The highest BCUT2D eigenvalue weighted by Gasteiger charge is 2.16. The molecule has 0 bridgehead atoms. The number of aromatic amines is 1. The SMILES string of the molecule is CCc1cc2ncc(CN3CC=C(c4ccc(C(=O)NC)nc4)CO3)cc2[nH]c1=O. The third-order valence-electron chi connectivity index (χ3n) is 5.10. The maximum absolute atomic E-state index is 12.1. The van der Waals surface area contributed by atoms with Crippen LogP contribution in [-0.2, 0) is 17.8 Å². The molecule has 4 rings (SSSR count). The Labute approximate surface area is 173 Å². The number of hydrogen-bond acceptors (Lipinski definition) is 6. The number of aromatic nitrogens is 3. The maximum Gasteiger partial charge on any atom is 0.269 e. The third-order valence-corrected chi connectivity index (χ3v) is 5.10. The summed E-state index contributed by atoms with van der Waals surface area (Å²) in [5.74, 6) is -0.210. The number of nitrogens with zero attached hydrogens (tertiary/aromatic N) is 3. The fourth-order valence-corrected chi connectivity index (χ4v) is 3.36. The molecule has 2 N–H and O–H groups in total. The molecule has 8 nitrogen and oxygen atoms in total. The highest BCUT2D eigenvalue weighted by atomic mass is 16.7. The lowest BCUT2D eigenvalue weighted by atomic mass is 10.1. The molecule has 0 unspecified atom stereocenters. The van der Waals surface area contributed by atoms with E-state index >= 15 is 0 Å². The van der Waals surface area contributed by atoms with E-state index in [4.69, 9.17) is 4.84 Å². The molecule has 0 aliphatic carbocycles. The predicted molar refractivity (Wildman–Crippen MR) is 114 cm³/mol. The van der Waals surface area contributed by atoms with Gasteiger partial charge in [-0.25, -0.2) is 0 Å². The summed E-state index contributed by atoms with van der Waals surface area (Å²) in [4.78, 5) is 41.1. The second-order valence-electron chi connectivity index (χ2n) is 7.09. The summed E-state index contributed by atoms with van der Waals surface area (Å²) in [5.41, 5.74) is 5.47. The summed E-state index contributed by atoms with van der Waals surface area (Å²) < 4.78 is 0. The fourth-order valence-electron chi connectivity index (χ4n) is 3.36. The fraction of sp³-hybridized carbons (Fsp3) is 0.273. The Balaban J connectivity index is 1.44. The summed E-state index contributed by atoms with van der Waals surface area (Å²) in [6, 6.07) is 7.35. The van der Waals surface area contributed by atoms with E-state index in [1.54, 1.807) is 19.3 Å². The number of amides is 1. The van der Waals surface area contributed by atoms with Crippen LogP contribution in [0.3, 0.4) is 0 Å². The van der Waals surface area contributed by atoms with Gasteiger partial charge in [-0.15, -0.1) is 0 Å². The summed E-state index contributed by atoms with van der Waals surface area (Å²) in [6.45, 7) is 3.53. The van der Waals surface area contributed by atoms with Gasteiger partial charge in [-0.05, 0) is 41.3 Å². The number of carbonyl (C=O) groups excluding carboxylic acids is 1. The van der Waals surface area contributed by atoms with Crippen molar-refractivity contribution in [2.45, 2.75) is 19.9 Å². The average molecular weight is 405 g/mol. The van der Waals surface area contributed by atoms with Crippen LogP contribution in [0.4, 0.5) is 0 Å². The van der Waals surface area contributed by atoms with Crippen molar-refractivity contribution in [1.82, 2.24) is 25.3 Å². The Bertz CT molecular complexity index is 1170. The molecule has 4 heterocycles. The van der Waals surface area contributed by atoms with Crippen LogP contribution >= 0.6 is 0 Å². The highest BCUT2D eigenvalue weighted by Crippen LogP contribution is 2.20. The molecule has 8 heteroatoms. The highest BCUT2D eigenvalue weighted by molar-refractivity contribution is 5.92. The molecule has 1 aliphatic heterocycles. The van der Waals surface area contributed by atoms with Gasteiger partial charge < -0.3 is 10.3 Å². The van der Waals surface area contributed by atoms with E-state index < -0.39 is 0 Å². The number of carbonyl (C=O) groups is 1. The summed E-state index contributed by atoms with van der Waals surface area (Å²) in [7, 11) is 1.58. The summed E-state index contributed by atoms with van der Waals surface area (Å²) in [5, 5.41) is 4.40. The van der Waals surface area contributed by atoms with Crippen LogP contribution in [-0.4, -0.2) is 46.1 Å². The monoisotopic (exact) mass is 405 g/mol. The van der Waals surface area contributed by atoms with Crippen molar-refractivity contribution in [3.05, 3.63) is 75.5 Å². The number of fused-ring (bicyclic) bond motifs is 1. The van der Waals surface area contributed by atoms with Crippen LogP contribution in [0, 0.1) is 0 Å². The number of pyridine rings is 3. The van der Waals surface area contributed by atoms with E-state index in [1.807, 2.05) is 36.4 Å². The van der Waals surface area contributed by atoms with E-state index in [-0.39, 0.29) is 11.5 Å². The van der Waals surface area contributed by atoms with E-state index in [9.17, 15) is 9.59 Å². The minimum atomic E-state index is -0.210. The van der Waals surface area contributed by atoms with Gasteiger partial charge in [-0.2, -0.15) is 5.06 Å². The number of aryl methyl sites for hydroxylation is 1. The number of H-pyrrole nitrogens is 1. The molecule has 0 atom stereocenters. The van der Waals surface area contributed by atoms with Crippen molar-refractivity contribution in [2.75, 3.05) is 20.2 Å². The van der Waals surface area contributed by atoms with E-state index in [2.05, 4.69) is 26.3 Å². The van der Waals surface area contributed by atoms with Gasteiger partial charge in [0.2, 0.25) is 0 Å². The van der Waals surface area contributed by atoms with Gasteiger partial charge >= 0.3 is 0 Å². The largest absolute Gasteiger partial charge is 0.354 e. The van der Waals surface area contributed by atoms with Crippen LogP contribution < -0.4 is 10.9 Å². The second kappa shape index (κ2) is 8.56. The Kier molecular flexibility index (Phi) is 5.69. The molecule has 0 saturated heterocycles. The van der Waals surface area contributed by atoms with Gasteiger partial charge in [0.25, 0.3) is 11.5 Å². The van der Waals surface area contributed by atoms with Crippen molar-refractivity contribution in [1.29, 1.82) is 0 Å². The van der Waals surface area contributed by atoms with Gasteiger partial charge in [-0.3, -0.25) is 24.4 Å². The Hall–Kier alpha value is -3.36. The number of nitrogens with one attached hydrogen (secondary N) is 2. The number of rotatable bonds is 5. The van der Waals surface area contributed by atoms with Crippen molar-refractivity contribution < 1.29 is 9.63 Å². The second-order valence-corrected chi connectivity index (χ2v) is 7.09. The minimum Gasteiger partial charge on any atom is -0.354 e. The van der Waals surface area contributed by atoms with Crippen molar-refractivity contribution in [3.8, 4) is 0 Å². The number of hydrogen-bond donors (Lipinski definition) is 2. The zero-order valence-corrected chi connectivity index (χ0v) is 16.9. The van der Waals surface area contributed by atoms with Crippen molar-refractivity contribution in [3.63, 3.8) is 0 Å². The molecular formula is C22H23N5O3. The zero-order chi connectivity index (χ0) is 21.1. The standard InChI is InChI=1S/C22H23N5O3/c1-3-15-9-19-20(26-21(15)28)8-14(10-24-19)12-27-7-6-17(13-30-27)16-4-5-18(25-11-16)22(29)23-2/h4-6,8-11H,3,7,12-13H2,1-2H3,(H,23,29)(H,26,28). The lowest BCUT2D eigenvalue weighted by molar-refractivity contribution is -0.150. The number of hydroxylamine groups is 2. The van der Waals surface area contributed by atoms with Crippen LogP contribution in [0.25, 0.3) is 16.6 Å². The molecule has 0 fully saturated rings. The molecule has 3 aromatic rings. The topological polar surface area (TPSA) is 100 Å². The molecule has 1 amide bonds. The molecule has 0 aromatic carbocycles. The van der Waals surface area contributed by atoms with Gasteiger partial charge in [-0.1, -0.05) is 19.1 Å². The Morgan fingerprint density at radius 1 is 1.27 bits per heavy atom. The van der Waals surface area contributed by atoms with Crippen molar-refractivity contribution in [2.24, 2.45) is 0 Å². The van der Waals surface area contributed by atoms with E-state index in [0.29, 0.717) is 31.8 Å². The Morgan fingerprint density at radius 3 is 2.80 bits per heavy atom. The van der Waals surface area contributed by atoms with Gasteiger partial charge in [0, 0.05) is 31.5 Å². The average Bonchev–Trinajstić information content (AvgIpc) is 2.78. The van der Waals surface area contributed by atoms with Crippen LogP contribution in [0.2, 0.25) is 0 Å². The Morgan fingerprint density at radius 2 is 2.13 bits per heavy atom. The normalized spacial score (nSPS) is 14.5. The molecular weight excluding hydrogens is 382 g/mol. The quantitative estimate of drug-likeness (QED) is 0.674. The molecule has 0 spiro atoms. The third kappa shape index (κ3) is 4.14. The van der Waals surface area contributed by atoms with E-state index in [0.717, 1.165) is 33.3 Å². The first-order valence-corrected chi connectivity index (χ1v) is 9.83. The summed E-state index contributed by atoms with van der Waals surface area (Å²) >= 11 is 0. The van der Waals surface area contributed by atoms with Crippen LogP contribution in [0.5, 0.6) is 0 Å². The molecule has 154 valence electrons. The van der Waals surface area contributed by atoms with E-state index in [1.165, 1.54) is 0 Å². The molecule has 0 saturated carbocycles. The smallest absolute Gasteiger partial charge is 0.269 e. The minimum absolute atomic E-state index is 0.0678.